The van der Waals surface area contributed by atoms with Crippen LogP contribution in [0.4, 0.5) is 5.69 Å². The summed E-state index contributed by atoms with van der Waals surface area (Å²) in [5, 5.41) is 11.4. The normalized spacial score (nSPS) is 11.6. The lowest BCUT2D eigenvalue weighted by Crippen LogP contribution is -2.00. The molecule has 5 heteroatoms. The van der Waals surface area contributed by atoms with Crippen molar-refractivity contribution in [3.05, 3.63) is 95.3 Å². The molecule has 0 saturated heterocycles. The fourth-order valence-electron chi connectivity index (χ4n) is 3.90. The Balaban J connectivity index is 1.53. The predicted molar refractivity (Wildman–Crippen MR) is 128 cm³/mol. The number of anilines is 1. The Morgan fingerprint density at radius 3 is 2.06 bits per heavy atom. The standard InChI is InChI=1S/C26H23N5/c1-17-12-14-20(15-13-17)31-19(3)23(18(2)30-31)16-27-29-26-21-8-4-6-10-24(21)28-25-11-7-5-9-22(25)26/h4-16H,1-3H3,(H,28,29)/b27-16+. The second-order valence-electron chi connectivity index (χ2n) is 7.72. The highest BCUT2D eigenvalue weighted by atomic mass is 15.3. The molecule has 0 bridgehead atoms. The number of hydrazone groups is 1. The molecular formula is C26H23N5. The molecule has 1 N–H and O–H groups in total. The Labute approximate surface area is 181 Å². The third kappa shape index (κ3) is 3.44. The van der Waals surface area contributed by atoms with E-state index in [1.54, 1.807) is 0 Å². The van der Waals surface area contributed by atoms with Gasteiger partial charge in [-0.1, -0.05) is 54.1 Å². The third-order valence-electron chi connectivity index (χ3n) is 5.58. The first-order chi connectivity index (χ1) is 15.1. The maximum atomic E-state index is 4.77. The van der Waals surface area contributed by atoms with Crippen LogP contribution in [0.15, 0.2) is 77.9 Å². The zero-order chi connectivity index (χ0) is 21.4. The van der Waals surface area contributed by atoms with Crippen molar-refractivity contribution in [1.29, 1.82) is 0 Å². The van der Waals surface area contributed by atoms with Gasteiger partial charge in [-0.15, -0.1) is 0 Å². The van der Waals surface area contributed by atoms with Gasteiger partial charge in [0, 0.05) is 16.3 Å². The van der Waals surface area contributed by atoms with E-state index < -0.39 is 0 Å². The van der Waals surface area contributed by atoms with Gasteiger partial charge in [0.25, 0.3) is 0 Å². The van der Waals surface area contributed by atoms with Gasteiger partial charge in [0.2, 0.25) is 0 Å². The van der Waals surface area contributed by atoms with Gasteiger partial charge in [0.1, 0.15) is 0 Å². The average Bonchev–Trinajstić information content (AvgIpc) is 3.07. The van der Waals surface area contributed by atoms with Crippen LogP contribution in [0.5, 0.6) is 0 Å². The van der Waals surface area contributed by atoms with Crippen LogP contribution in [0, 0.1) is 20.8 Å². The van der Waals surface area contributed by atoms with E-state index in [-0.39, 0.29) is 0 Å². The molecule has 0 aliphatic rings. The molecule has 5 rings (SSSR count). The first-order valence-electron chi connectivity index (χ1n) is 10.3. The molecule has 0 fully saturated rings. The molecule has 0 spiro atoms. The molecule has 31 heavy (non-hydrogen) atoms. The zero-order valence-corrected chi connectivity index (χ0v) is 17.8. The van der Waals surface area contributed by atoms with Gasteiger partial charge in [0.05, 0.1) is 40.0 Å². The first kappa shape index (κ1) is 19.0. The van der Waals surface area contributed by atoms with Crippen LogP contribution >= 0.6 is 0 Å². The summed E-state index contributed by atoms with van der Waals surface area (Å²) in [7, 11) is 0. The van der Waals surface area contributed by atoms with Crippen LogP contribution in [0.3, 0.4) is 0 Å². The summed E-state index contributed by atoms with van der Waals surface area (Å²) >= 11 is 0. The number of hydrogen-bond acceptors (Lipinski definition) is 4. The predicted octanol–water partition coefficient (Wildman–Crippen LogP) is 5.94. The molecule has 0 aliphatic carbocycles. The van der Waals surface area contributed by atoms with Crippen molar-refractivity contribution in [3.63, 3.8) is 0 Å². The minimum atomic E-state index is 0.938. The summed E-state index contributed by atoms with van der Waals surface area (Å²) in [6, 6.07) is 24.6. The number of benzene rings is 3. The SMILES string of the molecule is Cc1ccc(-n2nc(C)c(/C=N/Nc3c4ccccc4nc4ccccc34)c2C)cc1. The minimum Gasteiger partial charge on any atom is -0.277 e. The van der Waals surface area contributed by atoms with Crippen LogP contribution in [0.1, 0.15) is 22.5 Å². The fraction of sp³-hybridized carbons (Fsp3) is 0.115. The van der Waals surface area contributed by atoms with E-state index in [0.29, 0.717) is 0 Å². The van der Waals surface area contributed by atoms with Crippen LogP contribution < -0.4 is 5.43 Å². The van der Waals surface area contributed by atoms with E-state index >= 15 is 0 Å². The summed E-state index contributed by atoms with van der Waals surface area (Å²) in [6.07, 6.45) is 1.85. The van der Waals surface area contributed by atoms with Crippen molar-refractivity contribution in [2.75, 3.05) is 5.43 Å². The molecule has 0 radical (unpaired) electrons. The van der Waals surface area contributed by atoms with Gasteiger partial charge in [-0.05, 0) is 45.0 Å². The molecule has 5 aromatic rings. The topological polar surface area (TPSA) is 55.1 Å². The Morgan fingerprint density at radius 1 is 0.806 bits per heavy atom. The van der Waals surface area contributed by atoms with Crippen LogP contribution in [0.2, 0.25) is 0 Å². The maximum absolute atomic E-state index is 4.77. The number of nitrogens with zero attached hydrogens (tertiary/aromatic N) is 4. The Kier molecular flexibility index (Phi) is 4.71. The van der Waals surface area contributed by atoms with Crippen molar-refractivity contribution < 1.29 is 0 Å². The average molecular weight is 406 g/mol. The molecule has 5 nitrogen and oxygen atoms in total. The number of aromatic nitrogens is 3. The van der Waals surface area contributed by atoms with Gasteiger partial charge in [-0.3, -0.25) is 5.43 Å². The smallest absolute Gasteiger partial charge is 0.0749 e. The fourth-order valence-corrected chi connectivity index (χ4v) is 3.90. The second-order valence-corrected chi connectivity index (χ2v) is 7.72. The lowest BCUT2D eigenvalue weighted by atomic mass is 10.1. The zero-order valence-electron chi connectivity index (χ0n) is 17.8. The highest BCUT2D eigenvalue weighted by molar-refractivity contribution is 6.07. The van der Waals surface area contributed by atoms with Crippen LogP contribution in [-0.4, -0.2) is 21.0 Å². The Morgan fingerprint density at radius 2 is 1.42 bits per heavy atom. The van der Waals surface area contributed by atoms with E-state index in [4.69, 9.17) is 10.1 Å². The number of pyridine rings is 1. The summed E-state index contributed by atoms with van der Waals surface area (Å²) < 4.78 is 1.97. The summed E-state index contributed by atoms with van der Waals surface area (Å²) in [5.41, 5.74) is 11.4. The lowest BCUT2D eigenvalue weighted by molar-refractivity contribution is 0.833. The van der Waals surface area contributed by atoms with Gasteiger partial charge in [-0.25, -0.2) is 9.67 Å². The number of hydrogen-bond donors (Lipinski definition) is 1. The first-order valence-corrected chi connectivity index (χ1v) is 10.3. The van der Waals surface area contributed by atoms with Crippen molar-refractivity contribution >= 4 is 33.7 Å². The Bertz CT molecular complexity index is 1370. The second kappa shape index (κ2) is 7.69. The molecule has 0 amide bonds. The van der Waals surface area contributed by atoms with E-state index in [1.807, 2.05) is 54.2 Å². The summed E-state index contributed by atoms with van der Waals surface area (Å²) in [6.45, 7) is 6.16. The van der Waals surface area contributed by atoms with E-state index in [1.165, 1.54) is 5.56 Å². The molecule has 0 aliphatic heterocycles. The van der Waals surface area contributed by atoms with Crippen LogP contribution in [0.25, 0.3) is 27.5 Å². The Hall–Kier alpha value is -3.99. The largest absolute Gasteiger partial charge is 0.277 e. The summed E-state index contributed by atoms with van der Waals surface area (Å²) in [4.78, 5) is 4.77. The van der Waals surface area contributed by atoms with Gasteiger partial charge >= 0.3 is 0 Å². The van der Waals surface area contributed by atoms with E-state index in [2.05, 4.69) is 60.8 Å². The molecule has 0 saturated carbocycles. The molecule has 0 atom stereocenters. The lowest BCUT2D eigenvalue weighted by Gasteiger charge is -2.10. The highest BCUT2D eigenvalue weighted by Crippen LogP contribution is 2.30. The third-order valence-corrected chi connectivity index (χ3v) is 5.58. The number of nitrogens with one attached hydrogen (secondary N) is 1. The van der Waals surface area contributed by atoms with Crippen molar-refractivity contribution in [3.8, 4) is 5.69 Å². The van der Waals surface area contributed by atoms with Crippen molar-refractivity contribution in [2.24, 2.45) is 5.10 Å². The number of aryl methyl sites for hydroxylation is 2. The van der Waals surface area contributed by atoms with Gasteiger partial charge in [0.15, 0.2) is 0 Å². The molecule has 2 heterocycles. The molecule has 0 unspecified atom stereocenters. The number of para-hydroxylation sites is 2. The van der Waals surface area contributed by atoms with Crippen molar-refractivity contribution in [1.82, 2.24) is 14.8 Å². The monoisotopic (exact) mass is 405 g/mol. The van der Waals surface area contributed by atoms with Gasteiger partial charge < -0.3 is 0 Å². The van der Waals surface area contributed by atoms with Crippen LogP contribution in [-0.2, 0) is 0 Å². The highest BCUT2D eigenvalue weighted by Gasteiger charge is 2.12. The minimum absolute atomic E-state index is 0.938. The quantitative estimate of drug-likeness (QED) is 0.228. The molecule has 3 aromatic carbocycles. The van der Waals surface area contributed by atoms with Crippen molar-refractivity contribution in [2.45, 2.75) is 20.8 Å². The number of fused-ring (bicyclic) bond motifs is 2. The number of rotatable bonds is 4. The molecule has 2 aromatic heterocycles. The summed E-state index contributed by atoms with van der Waals surface area (Å²) in [5.74, 6) is 0. The molecule has 152 valence electrons. The van der Waals surface area contributed by atoms with E-state index in [9.17, 15) is 0 Å². The van der Waals surface area contributed by atoms with Gasteiger partial charge in [-0.2, -0.15) is 10.2 Å². The molecular weight excluding hydrogens is 382 g/mol. The van der Waals surface area contributed by atoms with E-state index in [0.717, 1.165) is 50.1 Å². The maximum Gasteiger partial charge on any atom is 0.0749 e.